The van der Waals surface area contributed by atoms with Crippen LogP contribution in [0.4, 0.5) is 4.79 Å². The van der Waals surface area contributed by atoms with Gasteiger partial charge in [-0.05, 0) is 54.4 Å². The Morgan fingerprint density at radius 2 is 1.59 bits per heavy atom. The van der Waals surface area contributed by atoms with Crippen molar-refractivity contribution in [2.45, 2.75) is 70.8 Å². The third kappa shape index (κ3) is 5.71. The van der Waals surface area contributed by atoms with E-state index in [9.17, 15) is 9.59 Å². The number of hydrogen-bond donors (Lipinski definition) is 1. The number of hydrogen-bond acceptors (Lipinski definition) is 5. The Labute approximate surface area is 139 Å². The average Bonchev–Trinajstić information content (AvgIpc) is 2.36. The second-order valence-electron chi connectivity index (χ2n) is 7.44. The van der Waals surface area contributed by atoms with Gasteiger partial charge in [-0.3, -0.25) is 4.79 Å². The number of thiol groups is 1. The molecule has 0 aliphatic carbocycles. The molecule has 1 amide bonds. The van der Waals surface area contributed by atoms with Crippen LogP contribution in [-0.4, -0.2) is 46.5 Å². The maximum atomic E-state index is 12.0. The van der Waals surface area contributed by atoms with Crippen molar-refractivity contribution in [1.82, 2.24) is 4.90 Å². The summed E-state index contributed by atoms with van der Waals surface area (Å²) < 4.78 is 11.0. The zero-order valence-electron chi connectivity index (χ0n) is 14.5. The molecule has 1 rings (SSSR count). The first-order valence-electron chi connectivity index (χ1n) is 7.81. The summed E-state index contributed by atoms with van der Waals surface area (Å²) in [4.78, 5) is 25.5. The number of amides is 1. The Hall–Kier alpha value is -0.910. The molecule has 1 heterocycles. The van der Waals surface area contributed by atoms with E-state index in [-0.39, 0.29) is 18.0 Å². The second-order valence-corrected chi connectivity index (χ2v) is 8.22. The molecule has 1 aliphatic heterocycles. The van der Waals surface area contributed by atoms with Crippen molar-refractivity contribution in [3.8, 4) is 0 Å². The van der Waals surface area contributed by atoms with Gasteiger partial charge in [0.15, 0.2) is 0 Å². The summed E-state index contributed by atoms with van der Waals surface area (Å²) in [6.07, 6.45) is 1.31. The summed E-state index contributed by atoms with van der Waals surface area (Å²) in [6, 6.07) is 0. The fourth-order valence-corrected chi connectivity index (χ4v) is 2.56. The first-order valence-corrected chi connectivity index (χ1v) is 8.33. The molecule has 1 aliphatic rings. The zero-order chi connectivity index (χ0) is 17.1. The molecule has 0 bridgehead atoms. The van der Waals surface area contributed by atoms with Crippen molar-refractivity contribution >= 4 is 24.7 Å². The number of likely N-dealkylation sites (tertiary alicyclic amines) is 1. The van der Waals surface area contributed by atoms with Crippen LogP contribution in [0.1, 0.15) is 54.4 Å². The molecule has 1 atom stereocenters. The molecule has 6 heteroatoms. The molecule has 1 saturated heterocycles. The van der Waals surface area contributed by atoms with E-state index in [4.69, 9.17) is 9.47 Å². The third-order valence-corrected chi connectivity index (χ3v) is 4.05. The maximum Gasteiger partial charge on any atom is 0.410 e. The van der Waals surface area contributed by atoms with E-state index in [0.29, 0.717) is 13.1 Å². The summed E-state index contributed by atoms with van der Waals surface area (Å²) >= 11 is 4.11. The van der Waals surface area contributed by atoms with Crippen LogP contribution in [0.25, 0.3) is 0 Å². The molecule has 0 aromatic rings. The fraction of sp³-hybridized carbons (Fsp3) is 0.875. The number of carbonyl (C=O) groups is 2. The van der Waals surface area contributed by atoms with Gasteiger partial charge in [-0.2, -0.15) is 12.6 Å². The van der Waals surface area contributed by atoms with E-state index in [1.54, 1.807) is 11.8 Å². The van der Waals surface area contributed by atoms with Crippen molar-refractivity contribution in [2.75, 3.05) is 13.1 Å². The molecular formula is C16H29NO4S. The smallest absolute Gasteiger partial charge is 0.410 e. The zero-order valence-corrected chi connectivity index (χ0v) is 15.4. The Kier molecular flexibility index (Phi) is 6.18. The Balaban J connectivity index is 2.54. The van der Waals surface area contributed by atoms with Gasteiger partial charge < -0.3 is 14.4 Å². The lowest BCUT2D eigenvalue weighted by molar-refractivity contribution is -0.162. The summed E-state index contributed by atoms with van der Waals surface area (Å²) in [5.41, 5.74) is -1.03. The predicted octanol–water partition coefficient (Wildman–Crippen LogP) is 3.27. The van der Waals surface area contributed by atoms with Crippen molar-refractivity contribution < 1.29 is 19.1 Å². The molecule has 1 unspecified atom stereocenters. The van der Waals surface area contributed by atoms with Crippen molar-refractivity contribution in [2.24, 2.45) is 5.92 Å². The number of carbonyl (C=O) groups excluding carboxylic acids is 2. The molecule has 0 N–H and O–H groups in total. The number of nitrogens with zero attached hydrogens (tertiary/aromatic N) is 1. The Morgan fingerprint density at radius 3 is 2.00 bits per heavy atom. The highest BCUT2D eigenvalue weighted by Crippen LogP contribution is 2.32. The minimum atomic E-state index is -0.548. The molecule has 1 fully saturated rings. The van der Waals surface area contributed by atoms with Crippen LogP contribution in [0.15, 0.2) is 0 Å². The average molecular weight is 331 g/mol. The van der Waals surface area contributed by atoms with Gasteiger partial charge in [0.05, 0.1) is 5.25 Å². The fourth-order valence-electron chi connectivity index (χ4n) is 2.51. The normalized spacial score (nSPS) is 18.8. The molecule has 0 spiro atoms. The van der Waals surface area contributed by atoms with Gasteiger partial charge in [-0.1, -0.05) is 0 Å². The first-order chi connectivity index (χ1) is 9.92. The van der Waals surface area contributed by atoms with Gasteiger partial charge in [0.2, 0.25) is 0 Å². The number of ether oxygens (including phenoxy) is 2. The SMILES string of the molecule is CC(S)C(=O)OC(C)(C)C1CCN(C(=O)OC(C)(C)C)CC1. The topological polar surface area (TPSA) is 55.8 Å². The number of piperidine rings is 1. The minimum Gasteiger partial charge on any atom is -0.459 e. The van der Waals surface area contributed by atoms with E-state index in [1.807, 2.05) is 34.6 Å². The molecule has 22 heavy (non-hydrogen) atoms. The minimum absolute atomic E-state index is 0.224. The van der Waals surface area contributed by atoms with Crippen LogP contribution in [-0.2, 0) is 14.3 Å². The quantitative estimate of drug-likeness (QED) is 0.637. The first kappa shape index (κ1) is 19.1. The van der Waals surface area contributed by atoms with E-state index < -0.39 is 16.5 Å². The molecular weight excluding hydrogens is 302 g/mol. The lowest BCUT2D eigenvalue weighted by Crippen LogP contribution is -2.47. The van der Waals surface area contributed by atoms with Gasteiger partial charge in [-0.15, -0.1) is 0 Å². The van der Waals surface area contributed by atoms with Gasteiger partial charge >= 0.3 is 12.1 Å². The number of rotatable bonds is 3. The van der Waals surface area contributed by atoms with Crippen molar-refractivity contribution in [3.05, 3.63) is 0 Å². The number of esters is 1. The molecule has 0 saturated carbocycles. The van der Waals surface area contributed by atoms with Crippen molar-refractivity contribution in [3.63, 3.8) is 0 Å². The highest BCUT2D eigenvalue weighted by Gasteiger charge is 2.37. The summed E-state index contributed by atoms with van der Waals surface area (Å²) in [7, 11) is 0. The van der Waals surface area contributed by atoms with Crippen LogP contribution < -0.4 is 0 Å². The standard InChI is InChI=1S/C16H29NO4S/c1-11(22)13(18)20-16(5,6)12-7-9-17(10-8-12)14(19)21-15(2,3)4/h11-12,22H,7-10H2,1-6H3. The van der Waals surface area contributed by atoms with E-state index in [0.717, 1.165) is 12.8 Å². The van der Waals surface area contributed by atoms with E-state index in [1.165, 1.54) is 0 Å². The van der Waals surface area contributed by atoms with Crippen LogP contribution in [0, 0.1) is 5.92 Å². The highest BCUT2D eigenvalue weighted by atomic mass is 32.1. The van der Waals surface area contributed by atoms with Gasteiger partial charge in [0, 0.05) is 19.0 Å². The Morgan fingerprint density at radius 1 is 1.09 bits per heavy atom. The summed E-state index contributed by atoms with van der Waals surface area (Å²) in [6.45, 7) is 12.4. The van der Waals surface area contributed by atoms with Gasteiger partial charge in [0.1, 0.15) is 11.2 Å². The lowest BCUT2D eigenvalue weighted by atomic mass is 9.83. The van der Waals surface area contributed by atoms with Crippen LogP contribution in [0.3, 0.4) is 0 Å². The summed E-state index contributed by atoms with van der Waals surface area (Å²) in [5.74, 6) is -0.0786. The van der Waals surface area contributed by atoms with E-state index in [2.05, 4.69) is 12.6 Å². The second kappa shape index (κ2) is 7.11. The van der Waals surface area contributed by atoms with Gasteiger partial charge in [-0.25, -0.2) is 4.79 Å². The van der Waals surface area contributed by atoms with Gasteiger partial charge in [0.25, 0.3) is 0 Å². The summed E-state index contributed by atoms with van der Waals surface area (Å²) in [5, 5.41) is -0.430. The molecule has 0 aromatic heterocycles. The maximum absolute atomic E-state index is 12.0. The molecule has 5 nitrogen and oxygen atoms in total. The largest absolute Gasteiger partial charge is 0.459 e. The molecule has 0 aromatic carbocycles. The predicted molar refractivity (Wildman–Crippen MR) is 89.2 cm³/mol. The lowest BCUT2D eigenvalue weighted by Gasteiger charge is -2.40. The van der Waals surface area contributed by atoms with Crippen LogP contribution in [0.2, 0.25) is 0 Å². The van der Waals surface area contributed by atoms with E-state index >= 15 is 0 Å². The van der Waals surface area contributed by atoms with Crippen LogP contribution in [0.5, 0.6) is 0 Å². The highest BCUT2D eigenvalue weighted by molar-refractivity contribution is 7.81. The molecule has 0 radical (unpaired) electrons. The van der Waals surface area contributed by atoms with Crippen molar-refractivity contribution in [1.29, 1.82) is 0 Å². The van der Waals surface area contributed by atoms with Crippen LogP contribution >= 0.6 is 12.6 Å². The monoisotopic (exact) mass is 331 g/mol. The molecule has 128 valence electrons. The third-order valence-electron chi connectivity index (χ3n) is 3.83. The Bertz CT molecular complexity index is 407.